The van der Waals surface area contributed by atoms with Gasteiger partial charge in [-0.3, -0.25) is 9.59 Å². The van der Waals surface area contributed by atoms with Crippen LogP contribution in [0.2, 0.25) is 0 Å². The summed E-state index contributed by atoms with van der Waals surface area (Å²) in [6, 6.07) is 8.22. The first-order valence-electron chi connectivity index (χ1n) is 5.82. The van der Waals surface area contributed by atoms with Gasteiger partial charge in [0.25, 0.3) is 5.56 Å². The van der Waals surface area contributed by atoms with Gasteiger partial charge in [-0.1, -0.05) is 6.07 Å². The summed E-state index contributed by atoms with van der Waals surface area (Å²) < 4.78 is 6.31. The van der Waals surface area contributed by atoms with E-state index in [1.807, 2.05) is 13.0 Å². The van der Waals surface area contributed by atoms with Crippen LogP contribution in [0.15, 0.2) is 41.3 Å². The number of aromatic nitrogens is 2. The molecule has 5 heteroatoms. The molecule has 0 atom stereocenters. The highest BCUT2D eigenvalue weighted by Gasteiger charge is 2.13. The Labute approximate surface area is 110 Å². The molecule has 0 aliphatic heterocycles. The molecular weight excluding hydrogens is 244 g/mol. The summed E-state index contributed by atoms with van der Waals surface area (Å²) in [5.74, 6) is 0.298. The van der Waals surface area contributed by atoms with Gasteiger partial charge in [-0.05, 0) is 30.7 Å². The number of methoxy groups -OCH3 is 1. The molecule has 0 saturated heterocycles. The van der Waals surface area contributed by atoms with Crippen LogP contribution >= 0.6 is 0 Å². The lowest BCUT2D eigenvalue weighted by Crippen LogP contribution is -2.25. The summed E-state index contributed by atoms with van der Waals surface area (Å²) >= 11 is 0. The number of nitrogens with zero attached hydrogens (tertiary/aromatic N) is 2. The molecule has 0 unspecified atom stereocenters. The van der Waals surface area contributed by atoms with Gasteiger partial charge in [-0.25, -0.2) is 4.68 Å². The molecule has 5 nitrogen and oxygen atoms in total. The minimum absolute atomic E-state index is 0.0981. The lowest BCUT2D eigenvalue weighted by atomic mass is 10.1. The molecule has 0 bridgehead atoms. The third-order valence-corrected chi connectivity index (χ3v) is 2.74. The maximum absolute atomic E-state index is 12.2. The molecule has 98 valence electrons. The fourth-order valence-corrected chi connectivity index (χ4v) is 1.76. The number of hydrogen-bond acceptors (Lipinski definition) is 4. The Balaban J connectivity index is 2.31. The van der Waals surface area contributed by atoms with Gasteiger partial charge >= 0.3 is 0 Å². The van der Waals surface area contributed by atoms with Gasteiger partial charge in [0.15, 0.2) is 5.78 Å². The molecule has 0 fully saturated rings. The van der Waals surface area contributed by atoms with Crippen molar-refractivity contribution in [1.29, 1.82) is 0 Å². The van der Waals surface area contributed by atoms with Crippen molar-refractivity contribution < 1.29 is 9.53 Å². The van der Waals surface area contributed by atoms with Crippen molar-refractivity contribution in [2.24, 2.45) is 0 Å². The summed E-state index contributed by atoms with van der Waals surface area (Å²) in [4.78, 5) is 23.7. The molecule has 0 radical (unpaired) electrons. The Morgan fingerprint density at radius 3 is 2.84 bits per heavy atom. The van der Waals surface area contributed by atoms with E-state index >= 15 is 0 Å². The number of aryl methyl sites for hydroxylation is 1. The summed E-state index contributed by atoms with van der Waals surface area (Å²) in [7, 11) is 1.51. The van der Waals surface area contributed by atoms with Crippen LogP contribution in [0.1, 0.15) is 15.9 Å². The van der Waals surface area contributed by atoms with E-state index < -0.39 is 0 Å². The molecule has 2 rings (SSSR count). The van der Waals surface area contributed by atoms with Crippen molar-refractivity contribution in [3.05, 3.63) is 58.0 Å². The number of ether oxygens (including phenoxy) is 1. The fraction of sp³-hybridized carbons (Fsp3) is 0.214. The Bertz CT molecular complexity index is 662. The number of Topliss-reactive ketones (excluding diaryl/α,β-unsaturated/α-hetero) is 1. The molecule has 0 saturated carbocycles. The average molecular weight is 258 g/mol. The topological polar surface area (TPSA) is 61.2 Å². The number of carbonyl (C=O) groups excluding carboxylic acids is 1. The highest BCUT2D eigenvalue weighted by molar-refractivity contribution is 5.98. The zero-order valence-corrected chi connectivity index (χ0v) is 10.8. The molecule has 0 spiro atoms. The lowest BCUT2D eigenvalue weighted by molar-refractivity contribution is 0.0962. The van der Waals surface area contributed by atoms with Crippen LogP contribution in [0.4, 0.5) is 0 Å². The third kappa shape index (κ3) is 2.88. The van der Waals surface area contributed by atoms with Crippen LogP contribution in [0.3, 0.4) is 0 Å². The van der Waals surface area contributed by atoms with Crippen molar-refractivity contribution in [3.8, 4) is 5.75 Å². The van der Waals surface area contributed by atoms with Crippen molar-refractivity contribution in [3.63, 3.8) is 0 Å². The number of benzene rings is 1. The van der Waals surface area contributed by atoms with E-state index in [4.69, 9.17) is 4.74 Å². The number of rotatable bonds is 4. The predicted octanol–water partition coefficient (Wildman–Crippen LogP) is 1.44. The molecule has 1 aromatic heterocycles. The minimum Gasteiger partial charge on any atom is -0.496 e. The number of hydrogen-bond donors (Lipinski definition) is 0. The molecule has 0 amide bonds. The van der Waals surface area contributed by atoms with E-state index in [0.717, 1.165) is 10.2 Å². The first-order valence-corrected chi connectivity index (χ1v) is 5.82. The van der Waals surface area contributed by atoms with Gasteiger partial charge < -0.3 is 4.74 Å². The van der Waals surface area contributed by atoms with Gasteiger partial charge in [0.1, 0.15) is 12.3 Å². The average Bonchev–Trinajstić information content (AvgIpc) is 2.41. The van der Waals surface area contributed by atoms with Gasteiger partial charge in [0, 0.05) is 12.3 Å². The van der Waals surface area contributed by atoms with Gasteiger partial charge in [-0.2, -0.15) is 5.10 Å². The predicted molar refractivity (Wildman–Crippen MR) is 70.6 cm³/mol. The van der Waals surface area contributed by atoms with Crippen molar-refractivity contribution in [1.82, 2.24) is 9.78 Å². The normalized spacial score (nSPS) is 10.2. The molecule has 19 heavy (non-hydrogen) atoms. The molecule has 1 aromatic carbocycles. The fourth-order valence-electron chi connectivity index (χ4n) is 1.76. The van der Waals surface area contributed by atoms with Gasteiger partial charge in [0.2, 0.25) is 0 Å². The van der Waals surface area contributed by atoms with E-state index in [1.54, 1.807) is 12.1 Å². The van der Waals surface area contributed by atoms with E-state index in [9.17, 15) is 9.59 Å². The highest BCUT2D eigenvalue weighted by Crippen LogP contribution is 2.20. The molecule has 0 aliphatic rings. The van der Waals surface area contributed by atoms with E-state index in [2.05, 4.69) is 5.10 Å². The zero-order valence-electron chi connectivity index (χ0n) is 10.8. The summed E-state index contributed by atoms with van der Waals surface area (Å²) in [6.07, 6.45) is 1.47. The molecule has 0 aliphatic carbocycles. The smallest absolute Gasteiger partial charge is 0.267 e. The third-order valence-electron chi connectivity index (χ3n) is 2.74. The second-order valence-electron chi connectivity index (χ2n) is 4.15. The number of carbonyl (C=O) groups is 1. The Hall–Kier alpha value is -2.43. The van der Waals surface area contributed by atoms with Crippen LogP contribution in [0.25, 0.3) is 0 Å². The highest BCUT2D eigenvalue weighted by atomic mass is 16.5. The van der Waals surface area contributed by atoms with Crippen molar-refractivity contribution in [2.45, 2.75) is 13.5 Å². The molecule has 2 aromatic rings. The van der Waals surface area contributed by atoms with E-state index in [-0.39, 0.29) is 17.9 Å². The van der Waals surface area contributed by atoms with Crippen molar-refractivity contribution >= 4 is 5.78 Å². The summed E-state index contributed by atoms with van der Waals surface area (Å²) in [5.41, 5.74) is 1.15. The van der Waals surface area contributed by atoms with Crippen LogP contribution < -0.4 is 10.3 Å². The number of ketones is 1. The Kier molecular flexibility index (Phi) is 3.75. The second-order valence-corrected chi connectivity index (χ2v) is 4.15. The molecule has 1 heterocycles. The SMILES string of the molecule is COc1cc(C)ccc1C(=O)Cn1ncccc1=O. The van der Waals surface area contributed by atoms with Crippen LogP contribution in [-0.2, 0) is 6.54 Å². The van der Waals surface area contributed by atoms with Gasteiger partial charge in [-0.15, -0.1) is 0 Å². The Morgan fingerprint density at radius 1 is 1.37 bits per heavy atom. The van der Waals surface area contributed by atoms with E-state index in [1.165, 1.54) is 25.4 Å². The standard InChI is InChI=1S/C14H14N2O3/c1-10-5-6-11(13(8-10)19-2)12(17)9-16-14(18)4-3-7-15-16/h3-8H,9H2,1-2H3. The lowest BCUT2D eigenvalue weighted by Gasteiger charge is -2.09. The monoisotopic (exact) mass is 258 g/mol. The van der Waals surface area contributed by atoms with Gasteiger partial charge in [0.05, 0.1) is 12.7 Å². The molecule has 0 N–H and O–H groups in total. The minimum atomic E-state index is -0.304. The van der Waals surface area contributed by atoms with Crippen molar-refractivity contribution in [2.75, 3.05) is 7.11 Å². The van der Waals surface area contributed by atoms with E-state index in [0.29, 0.717) is 11.3 Å². The van der Waals surface area contributed by atoms with Crippen LogP contribution in [-0.4, -0.2) is 22.7 Å². The summed E-state index contributed by atoms with van der Waals surface area (Å²) in [6.45, 7) is 1.82. The maximum Gasteiger partial charge on any atom is 0.267 e. The molecular formula is C14H14N2O3. The first kappa shape index (κ1) is 13.0. The van der Waals surface area contributed by atoms with Crippen LogP contribution in [0, 0.1) is 6.92 Å². The second kappa shape index (κ2) is 5.48. The first-order chi connectivity index (χ1) is 9.11. The Morgan fingerprint density at radius 2 is 2.16 bits per heavy atom. The van der Waals surface area contributed by atoms with Crippen LogP contribution in [0.5, 0.6) is 5.75 Å². The maximum atomic E-state index is 12.2. The zero-order chi connectivity index (χ0) is 13.8. The largest absolute Gasteiger partial charge is 0.496 e. The summed E-state index contributed by atoms with van der Waals surface area (Å²) in [5, 5.41) is 3.86. The quantitative estimate of drug-likeness (QED) is 0.779.